The maximum atomic E-state index is 13.0. The molecule has 30 heavy (non-hydrogen) atoms. The molecule has 0 atom stereocenters. The number of hydrogen-bond donors (Lipinski definition) is 0. The molecule has 0 aromatic carbocycles. The lowest BCUT2D eigenvalue weighted by Gasteiger charge is -2.22. The van der Waals surface area contributed by atoms with Crippen molar-refractivity contribution in [2.75, 3.05) is 39.9 Å². The van der Waals surface area contributed by atoms with Gasteiger partial charge in [-0.15, -0.1) is 0 Å². The Morgan fingerprint density at radius 3 is 2.73 bits per heavy atom. The van der Waals surface area contributed by atoms with Crippen molar-refractivity contribution in [3.05, 3.63) is 54.2 Å². The van der Waals surface area contributed by atoms with Crippen LogP contribution in [0.25, 0.3) is 11.2 Å². The molecule has 1 aliphatic heterocycles. The number of methoxy groups -OCH3 is 1. The van der Waals surface area contributed by atoms with E-state index in [1.165, 1.54) is 7.11 Å². The van der Waals surface area contributed by atoms with Crippen molar-refractivity contribution in [2.45, 2.75) is 13.0 Å². The third-order valence-electron chi connectivity index (χ3n) is 5.18. The number of ether oxygens (including phenoxy) is 1. The molecule has 9 nitrogen and oxygen atoms in total. The molecular formula is C21H24N6O3. The molecule has 1 saturated heterocycles. The zero-order valence-corrected chi connectivity index (χ0v) is 16.9. The highest BCUT2D eigenvalue weighted by Gasteiger charge is 2.23. The Balaban J connectivity index is 1.47. The number of nitrogens with zero attached hydrogens (tertiary/aromatic N) is 6. The molecule has 4 heterocycles. The van der Waals surface area contributed by atoms with Crippen molar-refractivity contribution in [3.8, 4) is 0 Å². The summed E-state index contributed by atoms with van der Waals surface area (Å²) in [6.07, 6.45) is 7.61. The van der Waals surface area contributed by atoms with Crippen molar-refractivity contribution in [2.24, 2.45) is 0 Å². The number of carbonyl (C=O) groups excluding carboxylic acids is 2. The van der Waals surface area contributed by atoms with E-state index in [-0.39, 0.29) is 18.4 Å². The van der Waals surface area contributed by atoms with Crippen molar-refractivity contribution in [1.29, 1.82) is 0 Å². The van der Waals surface area contributed by atoms with E-state index < -0.39 is 0 Å². The van der Waals surface area contributed by atoms with Crippen LogP contribution < -0.4 is 0 Å². The van der Waals surface area contributed by atoms with Crippen molar-refractivity contribution in [3.63, 3.8) is 0 Å². The Hall–Kier alpha value is -3.33. The Bertz CT molecular complexity index is 1040. The topological polar surface area (TPSA) is 93.5 Å². The van der Waals surface area contributed by atoms with Gasteiger partial charge in [0, 0.05) is 51.9 Å². The smallest absolute Gasteiger partial charge is 0.255 e. The van der Waals surface area contributed by atoms with E-state index >= 15 is 0 Å². The number of rotatable bonds is 5. The van der Waals surface area contributed by atoms with Gasteiger partial charge in [-0.2, -0.15) is 0 Å². The van der Waals surface area contributed by atoms with Gasteiger partial charge in [0.15, 0.2) is 5.65 Å². The Morgan fingerprint density at radius 1 is 1.10 bits per heavy atom. The third-order valence-corrected chi connectivity index (χ3v) is 5.18. The van der Waals surface area contributed by atoms with E-state index in [2.05, 4.69) is 15.0 Å². The van der Waals surface area contributed by atoms with E-state index in [4.69, 9.17) is 4.74 Å². The molecule has 1 aliphatic rings. The minimum absolute atomic E-state index is 0.0472. The highest BCUT2D eigenvalue weighted by atomic mass is 16.5. The normalized spacial score (nSPS) is 14.7. The SMILES string of the molecule is COCC(=O)N1CCCN(C(=O)c2cnc3c(c2)ncn3Cc2cccnc2)CC1. The van der Waals surface area contributed by atoms with Gasteiger partial charge in [-0.1, -0.05) is 6.07 Å². The molecule has 4 rings (SSSR count). The first kappa shape index (κ1) is 20.0. The predicted molar refractivity (Wildman–Crippen MR) is 110 cm³/mol. The number of hydrogen-bond acceptors (Lipinski definition) is 6. The van der Waals surface area contributed by atoms with Crippen LogP contribution in [0.15, 0.2) is 43.1 Å². The van der Waals surface area contributed by atoms with Crippen molar-refractivity contribution >= 4 is 23.0 Å². The van der Waals surface area contributed by atoms with Gasteiger partial charge in [0.2, 0.25) is 5.91 Å². The minimum Gasteiger partial charge on any atom is -0.375 e. The molecule has 2 amide bonds. The summed E-state index contributed by atoms with van der Waals surface area (Å²) in [5.41, 5.74) is 2.96. The van der Waals surface area contributed by atoms with E-state index in [9.17, 15) is 9.59 Å². The molecule has 0 aliphatic carbocycles. The van der Waals surface area contributed by atoms with Crippen LogP contribution in [0.1, 0.15) is 22.3 Å². The van der Waals surface area contributed by atoms with E-state index in [0.717, 1.165) is 17.6 Å². The van der Waals surface area contributed by atoms with Crippen LogP contribution in [-0.2, 0) is 16.1 Å². The third kappa shape index (κ3) is 4.30. The highest BCUT2D eigenvalue weighted by Crippen LogP contribution is 2.16. The first-order valence-electron chi connectivity index (χ1n) is 9.91. The van der Waals surface area contributed by atoms with Crippen LogP contribution in [0, 0.1) is 0 Å². The number of amides is 2. The lowest BCUT2D eigenvalue weighted by Crippen LogP contribution is -2.38. The van der Waals surface area contributed by atoms with Gasteiger partial charge in [-0.05, 0) is 24.1 Å². The summed E-state index contributed by atoms with van der Waals surface area (Å²) in [6.45, 7) is 2.90. The number of imidazole rings is 1. The summed E-state index contributed by atoms with van der Waals surface area (Å²) in [7, 11) is 1.51. The van der Waals surface area contributed by atoms with Crippen LogP contribution in [0.4, 0.5) is 0 Å². The Labute approximate surface area is 174 Å². The molecule has 156 valence electrons. The molecule has 0 radical (unpaired) electrons. The zero-order chi connectivity index (χ0) is 20.9. The quantitative estimate of drug-likeness (QED) is 0.630. The molecular weight excluding hydrogens is 384 g/mol. The fraction of sp³-hybridized carbons (Fsp3) is 0.381. The average molecular weight is 408 g/mol. The molecule has 0 N–H and O–H groups in total. The summed E-state index contributed by atoms with van der Waals surface area (Å²) in [5, 5.41) is 0. The van der Waals surface area contributed by atoms with Crippen molar-refractivity contribution in [1.82, 2.24) is 29.3 Å². The van der Waals surface area contributed by atoms with Crippen LogP contribution in [0.3, 0.4) is 0 Å². The molecule has 0 spiro atoms. The monoisotopic (exact) mass is 408 g/mol. The second kappa shape index (κ2) is 9.00. The van der Waals surface area contributed by atoms with Crippen LogP contribution in [0.5, 0.6) is 0 Å². The number of aromatic nitrogens is 4. The van der Waals surface area contributed by atoms with Crippen LogP contribution in [-0.4, -0.2) is 81.0 Å². The van der Waals surface area contributed by atoms with E-state index in [1.807, 2.05) is 22.9 Å². The standard InChI is InChI=1S/C21H24N6O3/c1-30-14-19(28)25-6-3-7-26(9-8-25)21(29)17-10-18-20(23-12-17)27(15-24-18)13-16-4-2-5-22-11-16/h2,4-5,10-12,15H,3,6-9,13-14H2,1H3. The predicted octanol–water partition coefficient (Wildman–Crippen LogP) is 1.20. The van der Waals surface area contributed by atoms with E-state index in [1.54, 1.807) is 34.6 Å². The minimum atomic E-state index is -0.0905. The van der Waals surface area contributed by atoms with Gasteiger partial charge in [-0.25, -0.2) is 9.97 Å². The van der Waals surface area contributed by atoms with Gasteiger partial charge < -0.3 is 19.1 Å². The lowest BCUT2D eigenvalue weighted by atomic mass is 10.2. The lowest BCUT2D eigenvalue weighted by molar-refractivity contribution is -0.135. The Morgan fingerprint density at radius 2 is 1.93 bits per heavy atom. The maximum absolute atomic E-state index is 13.0. The second-order valence-electron chi connectivity index (χ2n) is 7.26. The van der Waals surface area contributed by atoms with Gasteiger partial charge in [0.25, 0.3) is 5.91 Å². The molecule has 9 heteroatoms. The fourth-order valence-corrected chi connectivity index (χ4v) is 3.64. The zero-order valence-electron chi connectivity index (χ0n) is 16.9. The van der Waals surface area contributed by atoms with Gasteiger partial charge in [0.1, 0.15) is 12.1 Å². The molecule has 0 bridgehead atoms. The molecule has 0 saturated carbocycles. The fourth-order valence-electron chi connectivity index (χ4n) is 3.64. The average Bonchev–Trinajstić information content (AvgIpc) is 3.00. The summed E-state index contributed by atoms with van der Waals surface area (Å²) >= 11 is 0. The maximum Gasteiger partial charge on any atom is 0.255 e. The first-order chi connectivity index (χ1) is 14.7. The molecule has 1 fully saturated rings. The highest BCUT2D eigenvalue weighted by molar-refractivity contribution is 5.96. The van der Waals surface area contributed by atoms with Crippen molar-refractivity contribution < 1.29 is 14.3 Å². The molecule has 3 aromatic heterocycles. The Kier molecular flexibility index (Phi) is 5.99. The first-order valence-corrected chi connectivity index (χ1v) is 9.91. The summed E-state index contributed by atoms with van der Waals surface area (Å²) in [4.78, 5) is 41.6. The summed E-state index contributed by atoms with van der Waals surface area (Å²) in [6, 6.07) is 5.67. The summed E-state index contributed by atoms with van der Waals surface area (Å²) in [5.74, 6) is -0.138. The number of pyridine rings is 2. The molecule has 3 aromatic rings. The van der Waals surface area contributed by atoms with Gasteiger partial charge in [-0.3, -0.25) is 14.6 Å². The largest absolute Gasteiger partial charge is 0.375 e. The number of fused-ring (bicyclic) bond motifs is 1. The van der Waals surface area contributed by atoms with Crippen LogP contribution >= 0.6 is 0 Å². The summed E-state index contributed by atoms with van der Waals surface area (Å²) < 4.78 is 6.87. The van der Waals surface area contributed by atoms with E-state index in [0.29, 0.717) is 43.8 Å². The number of carbonyl (C=O) groups is 2. The van der Waals surface area contributed by atoms with Gasteiger partial charge in [0.05, 0.1) is 18.4 Å². The second-order valence-corrected chi connectivity index (χ2v) is 7.26. The molecule has 0 unspecified atom stereocenters. The van der Waals surface area contributed by atoms with Crippen LogP contribution in [0.2, 0.25) is 0 Å². The van der Waals surface area contributed by atoms with Gasteiger partial charge >= 0.3 is 0 Å².